The fourth-order valence-corrected chi connectivity index (χ4v) is 4.11. The van der Waals surface area contributed by atoms with E-state index in [2.05, 4.69) is 10.0 Å². The van der Waals surface area contributed by atoms with Crippen LogP contribution in [-0.2, 0) is 16.4 Å². The smallest absolute Gasteiger partial charge is 0.242 e. The van der Waals surface area contributed by atoms with Gasteiger partial charge in [0.2, 0.25) is 10.0 Å². The Labute approximate surface area is 127 Å². The first-order valence-electron chi connectivity index (χ1n) is 6.03. The average Bonchev–Trinajstić information content (AvgIpc) is 2.84. The number of halogens is 1. The third-order valence-electron chi connectivity index (χ3n) is 2.74. The molecule has 2 N–H and O–H groups in total. The van der Waals surface area contributed by atoms with Crippen molar-refractivity contribution in [2.45, 2.75) is 11.3 Å². The van der Waals surface area contributed by atoms with E-state index in [1.165, 1.54) is 11.3 Å². The molecule has 0 radical (unpaired) electrons. The third kappa shape index (κ3) is 3.73. The highest BCUT2D eigenvalue weighted by atomic mass is 35.5. The number of thiophene rings is 1. The topological polar surface area (TPSA) is 58.2 Å². The minimum atomic E-state index is -3.51. The molecule has 0 saturated carbocycles. The molecule has 4 nitrogen and oxygen atoms in total. The van der Waals surface area contributed by atoms with Crippen molar-refractivity contribution in [3.63, 3.8) is 0 Å². The zero-order chi connectivity index (χ0) is 14.6. The Kier molecular flexibility index (Phi) is 5.04. The molecule has 2 aromatic rings. The Morgan fingerprint density at radius 2 is 1.95 bits per heavy atom. The highest BCUT2D eigenvalue weighted by Crippen LogP contribution is 2.22. The van der Waals surface area contributed by atoms with Crippen LogP contribution in [0.2, 0.25) is 4.34 Å². The highest BCUT2D eigenvalue weighted by Gasteiger charge is 2.16. The van der Waals surface area contributed by atoms with E-state index >= 15 is 0 Å². The van der Waals surface area contributed by atoms with E-state index < -0.39 is 10.0 Å². The molecule has 0 atom stereocenters. The molecular weight excluding hydrogens is 316 g/mol. The van der Waals surface area contributed by atoms with Crippen LogP contribution in [0.5, 0.6) is 0 Å². The zero-order valence-electron chi connectivity index (χ0n) is 10.9. The van der Waals surface area contributed by atoms with Gasteiger partial charge in [0.1, 0.15) is 4.90 Å². The third-order valence-corrected chi connectivity index (χ3v) is 5.55. The van der Waals surface area contributed by atoms with E-state index in [1.807, 2.05) is 12.1 Å². The molecule has 0 fully saturated rings. The lowest BCUT2D eigenvalue weighted by atomic mass is 10.3. The van der Waals surface area contributed by atoms with Crippen LogP contribution in [0.3, 0.4) is 0 Å². The number of rotatable bonds is 6. The van der Waals surface area contributed by atoms with Crippen LogP contribution in [0.15, 0.2) is 41.3 Å². The number of nitrogens with one attached hydrogen (secondary N) is 2. The molecule has 20 heavy (non-hydrogen) atoms. The monoisotopic (exact) mass is 330 g/mol. The Morgan fingerprint density at radius 1 is 1.20 bits per heavy atom. The molecule has 0 aliphatic rings. The van der Waals surface area contributed by atoms with Gasteiger partial charge in [-0.2, -0.15) is 0 Å². The second-order valence-corrected chi connectivity index (χ2v) is 7.63. The van der Waals surface area contributed by atoms with Crippen LogP contribution in [0, 0.1) is 0 Å². The standard InChI is InChI=1S/C13H15ClN2O2S2/c1-15-11-4-2-3-5-12(11)20(17,18)16-9-8-10-6-7-13(14)19-10/h2-7,15-16H,8-9H2,1H3. The summed E-state index contributed by atoms with van der Waals surface area (Å²) in [5.41, 5.74) is 0.583. The number of para-hydroxylation sites is 1. The zero-order valence-corrected chi connectivity index (χ0v) is 13.3. The number of anilines is 1. The summed E-state index contributed by atoms with van der Waals surface area (Å²) < 4.78 is 27.8. The predicted molar refractivity (Wildman–Crippen MR) is 84.2 cm³/mol. The number of sulfonamides is 1. The summed E-state index contributed by atoms with van der Waals surface area (Å²) in [5, 5.41) is 2.88. The fourth-order valence-electron chi connectivity index (χ4n) is 1.78. The number of hydrogen-bond acceptors (Lipinski definition) is 4. The molecule has 0 unspecified atom stereocenters. The van der Waals surface area contributed by atoms with Crippen molar-refractivity contribution in [1.29, 1.82) is 0 Å². The van der Waals surface area contributed by atoms with Gasteiger partial charge in [-0.3, -0.25) is 0 Å². The van der Waals surface area contributed by atoms with Crippen molar-refractivity contribution in [3.8, 4) is 0 Å². The molecule has 1 aromatic heterocycles. The Hall–Kier alpha value is -1.08. The summed E-state index contributed by atoms with van der Waals surface area (Å²) in [6.45, 7) is 0.344. The van der Waals surface area contributed by atoms with Crippen LogP contribution in [-0.4, -0.2) is 22.0 Å². The average molecular weight is 331 g/mol. The van der Waals surface area contributed by atoms with Crippen molar-refractivity contribution in [2.24, 2.45) is 0 Å². The van der Waals surface area contributed by atoms with E-state index in [0.717, 1.165) is 4.88 Å². The summed E-state index contributed by atoms with van der Waals surface area (Å²) >= 11 is 7.30. The van der Waals surface area contributed by atoms with Gasteiger partial charge in [0.15, 0.2) is 0 Å². The van der Waals surface area contributed by atoms with Crippen molar-refractivity contribution in [1.82, 2.24) is 4.72 Å². The van der Waals surface area contributed by atoms with Gasteiger partial charge in [-0.15, -0.1) is 11.3 Å². The van der Waals surface area contributed by atoms with Crippen LogP contribution in [0.1, 0.15) is 4.88 Å². The second-order valence-electron chi connectivity index (χ2n) is 4.10. The molecule has 2 rings (SSSR count). The Morgan fingerprint density at radius 3 is 2.60 bits per heavy atom. The predicted octanol–water partition coefficient (Wildman–Crippen LogP) is 2.96. The summed E-state index contributed by atoms with van der Waals surface area (Å²) in [5.74, 6) is 0. The van der Waals surface area contributed by atoms with E-state index in [9.17, 15) is 8.42 Å². The molecule has 108 valence electrons. The first-order valence-corrected chi connectivity index (χ1v) is 8.71. The van der Waals surface area contributed by atoms with Gasteiger partial charge in [-0.1, -0.05) is 23.7 Å². The van der Waals surface area contributed by atoms with Gasteiger partial charge in [-0.05, 0) is 30.7 Å². The number of hydrogen-bond donors (Lipinski definition) is 2. The molecule has 1 aromatic carbocycles. The van der Waals surface area contributed by atoms with Crippen LogP contribution < -0.4 is 10.0 Å². The van der Waals surface area contributed by atoms with Gasteiger partial charge in [0.25, 0.3) is 0 Å². The van der Waals surface area contributed by atoms with Gasteiger partial charge >= 0.3 is 0 Å². The summed E-state index contributed by atoms with van der Waals surface area (Å²) in [4.78, 5) is 1.31. The van der Waals surface area contributed by atoms with Crippen LogP contribution in [0.4, 0.5) is 5.69 Å². The van der Waals surface area contributed by atoms with Gasteiger partial charge < -0.3 is 5.32 Å². The second kappa shape index (κ2) is 6.58. The van der Waals surface area contributed by atoms with Crippen molar-refractivity contribution in [2.75, 3.05) is 18.9 Å². The van der Waals surface area contributed by atoms with Crippen LogP contribution >= 0.6 is 22.9 Å². The molecule has 0 saturated heterocycles. The van der Waals surface area contributed by atoms with Crippen molar-refractivity contribution < 1.29 is 8.42 Å². The lowest BCUT2D eigenvalue weighted by molar-refractivity contribution is 0.582. The molecule has 7 heteroatoms. The quantitative estimate of drug-likeness (QED) is 0.856. The molecule has 1 heterocycles. The minimum absolute atomic E-state index is 0.256. The van der Waals surface area contributed by atoms with Crippen LogP contribution in [0.25, 0.3) is 0 Å². The molecule has 0 aliphatic heterocycles. The SMILES string of the molecule is CNc1ccccc1S(=O)(=O)NCCc1ccc(Cl)s1. The first kappa shape index (κ1) is 15.3. The van der Waals surface area contributed by atoms with E-state index in [4.69, 9.17) is 11.6 Å². The largest absolute Gasteiger partial charge is 0.387 e. The maximum Gasteiger partial charge on any atom is 0.242 e. The Bertz CT molecular complexity index is 683. The molecule has 0 aliphatic carbocycles. The lowest BCUT2D eigenvalue weighted by Crippen LogP contribution is -2.26. The molecule has 0 spiro atoms. The minimum Gasteiger partial charge on any atom is -0.387 e. The molecule has 0 amide bonds. The normalized spacial score (nSPS) is 11.5. The fraction of sp³-hybridized carbons (Fsp3) is 0.231. The number of benzene rings is 1. The van der Waals surface area contributed by atoms with Gasteiger partial charge in [0, 0.05) is 18.5 Å². The van der Waals surface area contributed by atoms with E-state index in [0.29, 0.717) is 23.0 Å². The van der Waals surface area contributed by atoms with Crippen molar-refractivity contribution >= 4 is 38.6 Å². The van der Waals surface area contributed by atoms with E-state index in [1.54, 1.807) is 31.3 Å². The summed E-state index contributed by atoms with van der Waals surface area (Å²) in [7, 11) is -1.81. The molecule has 0 bridgehead atoms. The maximum absolute atomic E-state index is 12.2. The summed E-state index contributed by atoms with van der Waals surface area (Å²) in [6, 6.07) is 10.5. The Balaban J connectivity index is 2.04. The summed E-state index contributed by atoms with van der Waals surface area (Å²) in [6.07, 6.45) is 0.623. The van der Waals surface area contributed by atoms with Crippen molar-refractivity contribution in [3.05, 3.63) is 45.6 Å². The lowest BCUT2D eigenvalue weighted by Gasteiger charge is -2.10. The molecular formula is C13H15ClN2O2S2. The van der Waals surface area contributed by atoms with E-state index in [-0.39, 0.29) is 4.90 Å². The van der Waals surface area contributed by atoms with Gasteiger partial charge in [-0.25, -0.2) is 13.1 Å². The highest BCUT2D eigenvalue weighted by molar-refractivity contribution is 7.89. The maximum atomic E-state index is 12.2. The van der Waals surface area contributed by atoms with Gasteiger partial charge in [0.05, 0.1) is 10.0 Å². The first-order chi connectivity index (χ1) is 9.53.